The van der Waals surface area contributed by atoms with Gasteiger partial charge in [0.1, 0.15) is 23.0 Å². The van der Waals surface area contributed by atoms with E-state index in [1.54, 1.807) is 31.5 Å². The number of benzene rings is 1. The summed E-state index contributed by atoms with van der Waals surface area (Å²) in [5, 5.41) is 5.94. The monoisotopic (exact) mass is 359 g/mol. The van der Waals surface area contributed by atoms with Gasteiger partial charge in [0, 0.05) is 12.6 Å². The first-order valence-corrected chi connectivity index (χ1v) is 8.27. The van der Waals surface area contributed by atoms with Crippen molar-refractivity contribution in [2.24, 2.45) is 0 Å². The van der Waals surface area contributed by atoms with Gasteiger partial charge in [0.05, 0.1) is 32.3 Å². The summed E-state index contributed by atoms with van der Waals surface area (Å²) in [4.78, 5) is 22.9. The first kappa shape index (κ1) is 19.5. The van der Waals surface area contributed by atoms with Gasteiger partial charge in [-0.1, -0.05) is 0 Å². The van der Waals surface area contributed by atoms with Crippen LogP contribution in [0.4, 0.5) is 11.5 Å². The zero-order valence-corrected chi connectivity index (χ0v) is 15.6. The quantitative estimate of drug-likeness (QED) is 0.663. The van der Waals surface area contributed by atoms with Crippen LogP contribution in [0.2, 0.25) is 0 Å². The van der Waals surface area contributed by atoms with Crippen LogP contribution in [0.1, 0.15) is 16.9 Å². The lowest BCUT2D eigenvalue weighted by molar-refractivity contribution is 0.102. The molecule has 0 aliphatic heterocycles. The van der Waals surface area contributed by atoms with E-state index < -0.39 is 0 Å². The number of nitrogens with zero attached hydrogens (tertiary/aromatic N) is 3. The van der Waals surface area contributed by atoms with Crippen molar-refractivity contribution < 1.29 is 14.3 Å². The van der Waals surface area contributed by atoms with Crippen LogP contribution < -0.4 is 20.1 Å². The number of hydrogen-bond acceptors (Lipinski definition) is 7. The van der Waals surface area contributed by atoms with E-state index in [1.807, 2.05) is 14.1 Å². The molecule has 2 N–H and O–H groups in total. The Morgan fingerprint density at radius 3 is 2.58 bits per heavy atom. The van der Waals surface area contributed by atoms with Gasteiger partial charge in [0.25, 0.3) is 5.91 Å². The smallest absolute Gasteiger partial charge is 0.275 e. The molecule has 0 unspecified atom stereocenters. The minimum Gasteiger partial charge on any atom is -0.497 e. The minimum absolute atomic E-state index is 0.216. The van der Waals surface area contributed by atoms with Crippen LogP contribution in [0, 0.1) is 0 Å². The Balaban J connectivity index is 1.97. The Hall–Kier alpha value is -2.87. The minimum atomic E-state index is -0.372. The fourth-order valence-electron chi connectivity index (χ4n) is 2.25. The molecular weight excluding hydrogens is 334 g/mol. The summed E-state index contributed by atoms with van der Waals surface area (Å²) in [6, 6.07) is 5.16. The van der Waals surface area contributed by atoms with Gasteiger partial charge in [-0.05, 0) is 39.2 Å². The van der Waals surface area contributed by atoms with Crippen molar-refractivity contribution in [2.45, 2.75) is 6.42 Å². The summed E-state index contributed by atoms with van der Waals surface area (Å²) in [5.74, 6) is 1.42. The van der Waals surface area contributed by atoms with Crippen molar-refractivity contribution in [2.75, 3.05) is 52.0 Å². The number of rotatable bonds is 9. The van der Waals surface area contributed by atoms with Crippen LogP contribution in [0.15, 0.2) is 30.6 Å². The van der Waals surface area contributed by atoms with E-state index in [2.05, 4.69) is 25.5 Å². The molecule has 1 heterocycles. The average molecular weight is 359 g/mol. The zero-order chi connectivity index (χ0) is 18.9. The highest BCUT2D eigenvalue weighted by molar-refractivity contribution is 6.03. The van der Waals surface area contributed by atoms with Gasteiger partial charge in [-0.25, -0.2) is 9.97 Å². The number of anilines is 2. The van der Waals surface area contributed by atoms with Gasteiger partial charge in [0.2, 0.25) is 0 Å². The third-order valence-electron chi connectivity index (χ3n) is 3.63. The van der Waals surface area contributed by atoms with E-state index in [9.17, 15) is 4.79 Å². The fourth-order valence-corrected chi connectivity index (χ4v) is 2.25. The van der Waals surface area contributed by atoms with Gasteiger partial charge < -0.3 is 25.0 Å². The molecule has 140 valence electrons. The number of ether oxygens (including phenoxy) is 2. The molecule has 1 aromatic heterocycles. The molecule has 0 aliphatic rings. The number of aromatic nitrogens is 2. The molecule has 0 bridgehead atoms. The van der Waals surface area contributed by atoms with Crippen LogP contribution in [0.25, 0.3) is 0 Å². The van der Waals surface area contributed by atoms with Gasteiger partial charge in [-0.3, -0.25) is 4.79 Å². The number of amides is 1. The van der Waals surface area contributed by atoms with Crippen molar-refractivity contribution in [1.82, 2.24) is 14.9 Å². The van der Waals surface area contributed by atoms with Crippen LogP contribution in [-0.4, -0.2) is 62.2 Å². The maximum absolute atomic E-state index is 12.4. The molecule has 0 saturated carbocycles. The fraction of sp³-hybridized carbons (Fsp3) is 0.389. The summed E-state index contributed by atoms with van der Waals surface area (Å²) in [7, 11) is 7.16. The van der Waals surface area contributed by atoms with Crippen LogP contribution in [-0.2, 0) is 0 Å². The lowest BCUT2D eigenvalue weighted by Crippen LogP contribution is -2.17. The Morgan fingerprint density at radius 2 is 1.96 bits per heavy atom. The standard InChI is InChI=1S/C18H25N5O3/c1-23(2)9-5-8-19-17-12-20-15(11-21-17)18(24)22-14-10-13(25-3)6-7-16(14)26-4/h6-7,10-12H,5,8-9H2,1-4H3,(H,19,21)(H,22,24). The van der Waals surface area contributed by atoms with E-state index >= 15 is 0 Å². The summed E-state index contributed by atoms with van der Waals surface area (Å²) in [6.07, 6.45) is 3.98. The summed E-state index contributed by atoms with van der Waals surface area (Å²) in [6.45, 7) is 1.78. The van der Waals surface area contributed by atoms with E-state index in [1.165, 1.54) is 13.3 Å². The van der Waals surface area contributed by atoms with E-state index in [0.717, 1.165) is 19.5 Å². The lowest BCUT2D eigenvalue weighted by atomic mass is 10.2. The van der Waals surface area contributed by atoms with Crippen LogP contribution in [0.3, 0.4) is 0 Å². The molecule has 0 atom stereocenters. The first-order chi connectivity index (χ1) is 12.5. The van der Waals surface area contributed by atoms with Crippen molar-refractivity contribution in [3.8, 4) is 11.5 Å². The number of nitrogens with one attached hydrogen (secondary N) is 2. The van der Waals surface area contributed by atoms with Gasteiger partial charge in [0.15, 0.2) is 0 Å². The topological polar surface area (TPSA) is 88.6 Å². The molecule has 8 nitrogen and oxygen atoms in total. The van der Waals surface area contributed by atoms with Gasteiger partial charge >= 0.3 is 0 Å². The summed E-state index contributed by atoms with van der Waals surface area (Å²) >= 11 is 0. The molecule has 8 heteroatoms. The third kappa shape index (κ3) is 5.59. The van der Waals surface area contributed by atoms with E-state index in [0.29, 0.717) is 23.0 Å². The maximum Gasteiger partial charge on any atom is 0.275 e. The van der Waals surface area contributed by atoms with Crippen molar-refractivity contribution >= 4 is 17.4 Å². The second-order valence-electron chi connectivity index (χ2n) is 5.89. The first-order valence-electron chi connectivity index (χ1n) is 8.27. The highest BCUT2D eigenvalue weighted by atomic mass is 16.5. The largest absolute Gasteiger partial charge is 0.497 e. The van der Waals surface area contributed by atoms with Crippen LogP contribution in [0.5, 0.6) is 11.5 Å². The predicted octanol–water partition coefficient (Wildman–Crippen LogP) is 2.11. The van der Waals surface area contributed by atoms with Crippen molar-refractivity contribution in [1.29, 1.82) is 0 Å². The van der Waals surface area contributed by atoms with E-state index in [4.69, 9.17) is 9.47 Å². The molecule has 26 heavy (non-hydrogen) atoms. The molecule has 0 saturated heterocycles. The number of methoxy groups -OCH3 is 2. The van der Waals surface area contributed by atoms with Crippen molar-refractivity contribution in [3.05, 3.63) is 36.3 Å². The predicted molar refractivity (Wildman–Crippen MR) is 101 cm³/mol. The molecule has 0 radical (unpaired) electrons. The Labute approximate surface area is 153 Å². The van der Waals surface area contributed by atoms with E-state index in [-0.39, 0.29) is 11.6 Å². The third-order valence-corrected chi connectivity index (χ3v) is 3.63. The molecular formula is C18H25N5O3. The highest BCUT2D eigenvalue weighted by Gasteiger charge is 2.12. The second-order valence-corrected chi connectivity index (χ2v) is 5.89. The normalized spacial score (nSPS) is 10.5. The molecule has 0 aliphatic carbocycles. The molecule has 2 aromatic rings. The van der Waals surface area contributed by atoms with Crippen molar-refractivity contribution in [3.63, 3.8) is 0 Å². The lowest BCUT2D eigenvalue weighted by Gasteiger charge is -2.12. The average Bonchev–Trinajstić information content (AvgIpc) is 2.65. The Bertz CT molecular complexity index is 719. The summed E-state index contributed by atoms with van der Waals surface area (Å²) in [5.41, 5.74) is 0.721. The molecule has 0 fully saturated rings. The summed E-state index contributed by atoms with van der Waals surface area (Å²) < 4.78 is 10.4. The SMILES string of the molecule is COc1ccc(OC)c(NC(=O)c2cnc(NCCCN(C)C)cn2)c1. The number of carbonyl (C=O) groups excluding carboxylic acids is 1. The maximum atomic E-state index is 12.4. The Kier molecular flexibility index (Phi) is 7.16. The molecule has 1 aromatic carbocycles. The Morgan fingerprint density at radius 1 is 1.15 bits per heavy atom. The van der Waals surface area contributed by atoms with Gasteiger partial charge in [-0.2, -0.15) is 0 Å². The highest BCUT2D eigenvalue weighted by Crippen LogP contribution is 2.29. The molecule has 2 rings (SSSR count). The molecule has 0 spiro atoms. The second kappa shape index (κ2) is 9.57. The molecule has 1 amide bonds. The number of hydrogen-bond donors (Lipinski definition) is 2. The number of carbonyl (C=O) groups is 1. The van der Waals surface area contributed by atoms with Crippen LogP contribution >= 0.6 is 0 Å². The van der Waals surface area contributed by atoms with Gasteiger partial charge in [-0.15, -0.1) is 0 Å². The zero-order valence-electron chi connectivity index (χ0n) is 15.6.